The molecule has 2 aliphatic rings. The van der Waals surface area contributed by atoms with Gasteiger partial charge in [-0.2, -0.15) is 0 Å². The van der Waals surface area contributed by atoms with Crippen LogP contribution in [0.25, 0.3) is 0 Å². The number of rotatable bonds is 1. The van der Waals surface area contributed by atoms with Crippen molar-refractivity contribution in [1.29, 1.82) is 0 Å². The highest BCUT2D eigenvalue weighted by Crippen LogP contribution is 2.20. The number of hydrogen-bond acceptors (Lipinski definition) is 3. The first kappa shape index (κ1) is 13.3. The first-order valence-corrected chi connectivity index (χ1v) is 6.67. The van der Waals surface area contributed by atoms with Crippen LogP contribution in [-0.4, -0.2) is 17.3 Å². The van der Waals surface area contributed by atoms with Crippen molar-refractivity contribution < 1.29 is 9.29 Å². The van der Waals surface area contributed by atoms with Crippen molar-refractivity contribution in [2.45, 2.75) is 76.4 Å². The molecule has 0 aromatic heterocycles. The summed E-state index contributed by atoms with van der Waals surface area (Å²) in [5, 5.41) is 8.91. The van der Waals surface area contributed by atoms with E-state index in [0.29, 0.717) is 6.10 Å². The lowest BCUT2D eigenvalue weighted by molar-refractivity contribution is 0.130. The highest BCUT2D eigenvalue weighted by molar-refractivity contribution is 7.75. The summed E-state index contributed by atoms with van der Waals surface area (Å²) in [7, 11) is 0. The predicted molar refractivity (Wildman–Crippen MR) is 66.0 cm³/mol. The van der Waals surface area contributed by atoms with E-state index in [0.717, 1.165) is 12.8 Å². The van der Waals surface area contributed by atoms with Gasteiger partial charge in [0.2, 0.25) is 0 Å². The van der Waals surface area contributed by atoms with Gasteiger partial charge in [0.25, 0.3) is 0 Å². The minimum absolute atomic E-state index is 0.0359. The van der Waals surface area contributed by atoms with Crippen LogP contribution in [-0.2, 0) is 4.18 Å². The fourth-order valence-corrected chi connectivity index (χ4v) is 2.46. The summed E-state index contributed by atoms with van der Waals surface area (Å²) in [5.41, 5.74) is 0. The lowest BCUT2D eigenvalue weighted by Gasteiger charge is -2.18. The Balaban J connectivity index is 0.000000151. The Morgan fingerprint density at radius 2 is 1.27 bits per heavy atom. The van der Waals surface area contributed by atoms with Crippen LogP contribution in [0.3, 0.4) is 0 Å². The maximum atomic E-state index is 8.91. The summed E-state index contributed by atoms with van der Waals surface area (Å²) in [6.07, 6.45) is 12.8. The third-order valence-corrected chi connectivity index (χ3v) is 3.57. The van der Waals surface area contributed by atoms with Crippen LogP contribution < -0.4 is 0 Å². The maximum absolute atomic E-state index is 8.91. The van der Waals surface area contributed by atoms with E-state index in [1.54, 1.807) is 0 Å². The van der Waals surface area contributed by atoms with Gasteiger partial charge in [-0.25, -0.2) is 0 Å². The van der Waals surface area contributed by atoms with Gasteiger partial charge in [0.05, 0.1) is 12.2 Å². The van der Waals surface area contributed by atoms with Gasteiger partial charge in [-0.05, 0) is 38.6 Å². The van der Waals surface area contributed by atoms with E-state index in [1.165, 1.54) is 51.4 Å². The number of aliphatic hydroxyl groups excluding tert-OH is 1. The molecule has 0 radical (unpaired) electrons. The Morgan fingerprint density at radius 3 is 1.53 bits per heavy atom. The molecule has 15 heavy (non-hydrogen) atoms. The molecule has 0 saturated heterocycles. The van der Waals surface area contributed by atoms with Crippen molar-refractivity contribution in [3.8, 4) is 0 Å². The zero-order chi connectivity index (χ0) is 10.9. The average molecular weight is 232 g/mol. The van der Waals surface area contributed by atoms with Crippen LogP contribution in [0.4, 0.5) is 0 Å². The summed E-state index contributed by atoms with van der Waals surface area (Å²) < 4.78 is 4.89. The molecule has 0 bridgehead atoms. The van der Waals surface area contributed by atoms with E-state index in [4.69, 9.17) is 9.29 Å². The Morgan fingerprint density at radius 1 is 0.800 bits per heavy atom. The first-order valence-electron chi connectivity index (χ1n) is 6.31. The van der Waals surface area contributed by atoms with E-state index in [2.05, 4.69) is 12.9 Å². The number of hydrogen-bond donors (Lipinski definition) is 2. The summed E-state index contributed by atoms with van der Waals surface area (Å²) in [4.78, 5) is 0. The number of aliphatic hydroxyl groups is 1. The summed E-state index contributed by atoms with van der Waals surface area (Å²) in [6.45, 7) is 0. The smallest absolute Gasteiger partial charge is 0.0719 e. The SMILES string of the molecule is OC1CCCCC1.SOC1CCCCC1. The second kappa shape index (κ2) is 8.43. The van der Waals surface area contributed by atoms with Crippen molar-refractivity contribution >= 4 is 12.9 Å². The predicted octanol–water partition coefficient (Wildman–Crippen LogP) is 3.49. The lowest BCUT2D eigenvalue weighted by atomic mass is 9.98. The summed E-state index contributed by atoms with van der Waals surface area (Å²) in [5.74, 6) is 0. The van der Waals surface area contributed by atoms with Gasteiger partial charge in [-0.15, -0.1) is 0 Å². The molecule has 0 aromatic rings. The molecule has 0 heterocycles. The Hall–Kier alpha value is 0.270. The molecular formula is C12H24O2S. The molecule has 0 aromatic carbocycles. The van der Waals surface area contributed by atoms with E-state index in [-0.39, 0.29) is 6.10 Å². The van der Waals surface area contributed by atoms with Crippen LogP contribution in [0.2, 0.25) is 0 Å². The van der Waals surface area contributed by atoms with Crippen molar-refractivity contribution in [2.75, 3.05) is 0 Å². The quantitative estimate of drug-likeness (QED) is 0.535. The Labute approximate surface area is 99.0 Å². The van der Waals surface area contributed by atoms with Gasteiger partial charge < -0.3 is 9.29 Å². The standard InChI is InChI=1S/C6H12OS.C6H12O/c8-7-6-4-2-1-3-5-6;7-6-4-2-1-3-5-6/h6,8H,1-5H2;6-7H,1-5H2. The fraction of sp³-hybridized carbons (Fsp3) is 1.00. The Kier molecular flexibility index (Phi) is 7.49. The minimum atomic E-state index is 0.0359. The summed E-state index contributed by atoms with van der Waals surface area (Å²) in [6, 6.07) is 0. The summed E-state index contributed by atoms with van der Waals surface area (Å²) >= 11 is 3.76. The van der Waals surface area contributed by atoms with Crippen molar-refractivity contribution in [3.05, 3.63) is 0 Å². The molecule has 2 saturated carbocycles. The maximum Gasteiger partial charge on any atom is 0.0719 e. The number of thiol groups is 1. The first-order chi connectivity index (χ1) is 7.33. The van der Waals surface area contributed by atoms with Crippen molar-refractivity contribution in [1.82, 2.24) is 0 Å². The van der Waals surface area contributed by atoms with Gasteiger partial charge in [0.15, 0.2) is 0 Å². The third kappa shape index (κ3) is 6.44. The lowest BCUT2D eigenvalue weighted by Crippen LogP contribution is -2.11. The van der Waals surface area contributed by atoms with Crippen LogP contribution in [0.1, 0.15) is 64.2 Å². The molecular weight excluding hydrogens is 208 g/mol. The highest BCUT2D eigenvalue weighted by Gasteiger charge is 2.11. The van der Waals surface area contributed by atoms with E-state index in [9.17, 15) is 0 Å². The van der Waals surface area contributed by atoms with Crippen LogP contribution in [0.5, 0.6) is 0 Å². The van der Waals surface area contributed by atoms with Crippen LogP contribution in [0, 0.1) is 0 Å². The van der Waals surface area contributed by atoms with Gasteiger partial charge in [-0.3, -0.25) is 0 Å². The van der Waals surface area contributed by atoms with Gasteiger partial charge in [0.1, 0.15) is 0 Å². The highest BCUT2D eigenvalue weighted by atomic mass is 32.1. The molecule has 3 heteroatoms. The van der Waals surface area contributed by atoms with Gasteiger partial charge in [-0.1, -0.05) is 38.5 Å². The molecule has 2 rings (SSSR count). The van der Waals surface area contributed by atoms with Crippen LogP contribution >= 0.6 is 12.9 Å². The second-order valence-electron chi connectivity index (χ2n) is 4.66. The fourth-order valence-electron chi connectivity index (χ4n) is 2.25. The second-order valence-corrected chi connectivity index (χ2v) is 4.87. The molecule has 2 nitrogen and oxygen atoms in total. The average Bonchev–Trinajstić information content (AvgIpc) is 2.32. The van der Waals surface area contributed by atoms with E-state index >= 15 is 0 Å². The largest absolute Gasteiger partial charge is 0.393 e. The van der Waals surface area contributed by atoms with E-state index < -0.39 is 0 Å². The topological polar surface area (TPSA) is 29.5 Å². The molecule has 90 valence electrons. The van der Waals surface area contributed by atoms with Crippen molar-refractivity contribution in [2.24, 2.45) is 0 Å². The Bertz CT molecular complexity index is 141. The molecule has 0 aliphatic heterocycles. The molecule has 1 N–H and O–H groups in total. The molecule has 2 aliphatic carbocycles. The van der Waals surface area contributed by atoms with Crippen molar-refractivity contribution in [3.63, 3.8) is 0 Å². The molecule has 0 spiro atoms. The molecule has 0 unspecified atom stereocenters. The third-order valence-electron chi connectivity index (χ3n) is 3.28. The monoisotopic (exact) mass is 232 g/mol. The molecule has 0 atom stereocenters. The minimum Gasteiger partial charge on any atom is -0.393 e. The van der Waals surface area contributed by atoms with Crippen LogP contribution in [0.15, 0.2) is 0 Å². The molecule has 0 amide bonds. The molecule has 2 fully saturated rings. The zero-order valence-corrected chi connectivity index (χ0v) is 10.4. The normalized spacial score (nSPS) is 24.4. The van der Waals surface area contributed by atoms with E-state index in [1.807, 2.05) is 0 Å². The van der Waals surface area contributed by atoms with Gasteiger partial charge in [0, 0.05) is 0 Å². The zero-order valence-electron chi connectivity index (χ0n) is 9.53. The van der Waals surface area contributed by atoms with Gasteiger partial charge >= 0.3 is 0 Å².